The number of halogens is 5. The van der Waals surface area contributed by atoms with Crippen LogP contribution in [0.25, 0.3) is 10.9 Å². The summed E-state index contributed by atoms with van der Waals surface area (Å²) in [5.74, 6) is -0.850. The largest absolute Gasteiger partial charge is 0.492 e. The highest BCUT2D eigenvalue weighted by Gasteiger charge is 2.34. The Morgan fingerprint density at radius 3 is 2.50 bits per heavy atom. The number of rotatable bonds is 4. The lowest BCUT2D eigenvalue weighted by Crippen LogP contribution is -2.36. The van der Waals surface area contributed by atoms with Crippen LogP contribution in [0.2, 0.25) is 0 Å². The summed E-state index contributed by atoms with van der Waals surface area (Å²) in [7, 11) is 1.36. The average molecular weight is 416 g/mol. The third-order valence-corrected chi connectivity index (χ3v) is 3.13. The fraction of sp³-hybridized carbons (Fsp3) is 0.286. The number of amides is 1. The maximum atomic E-state index is 13.3. The summed E-state index contributed by atoms with van der Waals surface area (Å²) in [5.41, 5.74) is 9.76. The number of guanidine groups is 1. The molecule has 0 saturated carbocycles. The number of fused-ring (bicyclic) bond motifs is 1. The molecule has 0 aliphatic heterocycles. The molecule has 1 aromatic carbocycles. The first kappa shape index (κ1) is 23.8. The Balaban J connectivity index is 0.00000312. The van der Waals surface area contributed by atoms with Crippen LogP contribution in [-0.4, -0.2) is 37.1 Å². The first-order valence-corrected chi connectivity index (χ1v) is 6.86. The highest BCUT2D eigenvalue weighted by molar-refractivity contribution is 6.06. The maximum absolute atomic E-state index is 13.3. The van der Waals surface area contributed by atoms with E-state index in [1.807, 2.05) is 0 Å². The lowest BCUT2D eigenvalue weighted by atomic mass is 10.1. The molecule has 0 spiro atoms. The molecule has 0 atom stereocenters. The Kier molecular flexibility index (Phi) is 8.71. The Bertz CT molecular complexity index is 793. The number of nitrogens with two attached hydrogens (primary N) is 2. The first-order chi connectivity index (χ1) is 11.3. The first-order valence-electron chi connectivity index (χ1n) is 6.86. The summed E-state index contributed by atoms with van der Waals surface area (Å²) in [6.45, 7) is 0.230. The van der Waals surface area contributed by atoms with Crippen LogP contribution in [0.1, 0.15) is 16.1 Å². The average Bonchev–Trinajstić information content (AvgIpc) is 2.94. The zero-order valence-electron chi connectivity index (χ0n) is 13.5. The van der Waals surface area contributed by atoms with Crippen molar-refractivity contribution in [2.24, 2.45) is 16.5 Å². The molecule has 12 heteroatoms. The lowest BCUT2D eigenvalue weighted by Gasteiger charge is -2.11. The molecule has 0 unspecified atom stereocenters. The molecular formula is C14H18Cl2F3N5O2. The molecule has 6 N–H and O–H groups in total. The fourth-order valence-corrected chi connectivity index (χ4v) is 2.07. The number of aromatic nitrogens is 1. The van der Waals surface area contributed by atoms with Crippen LogP contribution < -0.4 is 21.5 Å². The summed E-state index contributed by atoms with van der Waals surface area (Å²) < 4.78 is 44.9. The number of H-pyrrole nitrogens is 1. The van der Waals surface area contributed by atoms with Crippen LogP contribution in [0.4, 0.5) is 13.2 Å². The summed E-state index contributed by atoms with van der Waals surface area (Å²) in [6.07, 6.45) is -4.61. The van der Waals surface area contributed by atoms with Gasteiger partial charge in [0.2, 0.25) is 0 Å². The van der Waals surface area contributed by atoms with E-state index >= 15 is 0 Å². The topological polar surface area (TPSA) is 119 Å². The molecule has 26 heavy (non-hydrogen) atoms. The van der Waals surface area contributed by atoms with Crippen molar-refractivity contribution in [2.45, 2.75) is 6.18 Å². The van der Waals surface area contributed by atoms with Crippen molar-refractivity contribution in [3.63, 3.8) is 0 Å². The van der Waals surface area contributed by atoms with Gasteiger partial charge in [0.15, 0.2) is 5.96 Å². The van der Waals surface area contributed by atoms with Gasteiger partial charge in [-0.15, -0.1) is 24.8 Å². The van der Waals surface area contributed by atoms with E-state index in [-0.39, 0.29) is 66.3 Å². The number of aromatic amines is 1. The van der Waals surface area contributed by atoms with Gasteiger partial charge in [0.1, 0.15) is 18.1 Å². The molecule has 1 heterocycles. The second-order valence-electron chi connectivity index (χ2n) is 4.81. The van der Waals surface area contributed by atoms with Gasteiger partial charge in [-0.05, 0) is 12.1 Å². The molecular weight excluding hydrogens is 398 g/mol. The number of aliphatic imine (C=N–C) groups is 1. The van der Waals surface area contributed by atoms with Crippen molar-refractivity contribution in [1.82, 2.24) is 10.3 Å². The molecule has 0 saturated heterocycles. The van der Waals surface area contributed by atoms with Crippen LogP contribution in [0.3, 0.4) is 0 Å². The second kappa shape index (κ2) is 9.51. The van der Waals surface area contributed by atoms with Crippen LogP contribution in [0.5, 0.6) is 5.75 Å². The van der Waals surface area contributed by atoms with Crippen molar-refractivity contribution in [3.8, 4) is 5.75 Å². The van der Waals surface area contributed by atoms with Crippen molar-refractivity contribution in [3.05, 3.63) is 29.5 Å². The van der Waals surface area contributed by atoms with Gasteiger partial charge in [-0.25, -0.2) is 0 Å². The van der Waals surface area contributed by atoms with Gasteiger partial charge in [-0.2, -0.15) is 13.2 Å². The van der Waals surface area contributed by atoms with Crippen LogP contribution in [0.15, 0.2) is 23.2 Å². The van der Waals surface area contributed by atoms with Crippen molar-refractivity contribution in [1.29, 1.82) is 0 Å². The van der Waals surface area contributed by atoms with E-state index < -0.39 is 17.6 Å². The number of alkyl halides is 3. The molecule has 7 nitrogen and oxygen atoms in total. The minimum absolute atomic E-state index is 0. The van der Waals surface area contributed by atoms with E-state index in [1.165, 1.54) is 13.1 Å². The number of nitrogens with one attached hydrogen (secondary N) is 2. The van der Waals surface area contributed by atoms with Gasteiger partial charge in [-0.3, -0.25) is 15.1 Å². The third-order valence-electron chi connectivity index (χ3n) is 3.13. The molecule has 0 aliphatic carbocycles. The predicted octanol–water partition coefficient (Wildman–Crippen LogP) is 2.04. The molecule has 2 aromatic rings. The number of ether oxygens (including phenoxy) is 1. The van der Waals surface area contributed by atoms with Crippen LogP contribution in [0, 0.1) is 0 Å². The second-order valence-corrected chi connectivity index (χ2v) is 4.81. The lowest BCUT2D eigenvalue weighted by molar-refractivity contribution is -0.136. The maximum Gasteiger partial charge on any atom is 0.417 e. The van der Waals surface area contributed by atoms with Gasteiger partial charge in [-0.1, -0.05) is 0 Å². The van der Waals surface area contributed by atoms with E-state index in [0.717, 1.165) is 12.1 Å². The summed E-state index contributed by atoms with van der Waals surface area (Å²) in [6, 6.07) is 3.34. The highest BCUT2D eigenvalue weighted by Crippen LogP contribution is 2.38. The molecule has 0 radical (unpaired) electrons. The van der Waals surface area contributed by atoms with Crippen LogP contribution >= 0.6 is 24.8 Å². The van der Waals surface area contributed by atoms with E-state index in [2.05, 4.69) is 15.3 Å². The van der Waals surface area contributed by atoms with E-state index in [1.54, 1.807) is 0 Å². The fourth-order valence-electron chi connectivity index (χ4n) is 2.07. The summed E-state index contributed by atoms with van der Waals surface area (Å²) in [4.78, 5) is 18.1. The van der Waals surface area contributed by atoms with Crippen molar-refractivity contribution >= 4 is 47.6 Å². The molecule has 0 fully saturated rings. The van der Waals surface area contributed by atoms with Crippen molar-refractivity contribution in [2.75, 3.05) is 20.2 Å². The summed E-state index contributed by atoms with van der Waals surface area (Å²) >= 11 is 0. The highest BCUT2D eigenvalue weighted by atomic mass is 35.5. The smallest absolute Gasteiger partial charge is 0.417 e. The van der Waals surface area contributed by atoms with Gasteiger partial charge in [0.25, 0.3) is 5.91 Å². The Hall–Kier alpha value is -2.17. The van der Waals surface area contributed by atoms with E-state index in [4.69, 9.17) is 16.2 Å². The van der Waals surface area contributed by atoms with Crippen LogP contribution in [-0.2, 0) is 6.18 Å². The summed E-state index contributed by atoms with van der Waals surface area (Å²) in [5, 5.41) is 2.09. The minimum atomic E-state index is -4.61. The number of benzene rings is 1. The predicted molar refractivity (Wildman–Crippen MR) is 97.4 cm³/mol. The third kappa shape index (κ3) is 5.41. The Morgan fingerprint density at radius 2 is 1.96 bits per heavy atom. The SMILES string of the molecule is CN=C(N)NC(=O)c1cc2c(C(F)(F)F)cc(OCCN)cc2[nH]1.Cl.Cl. The standard InChI is InChI=1S/C14H16F3N5O2.2ClH/c1-20-13(19)22-12(23)11-6-8-9(14(15,16)17)4-7(24-3-2-18)5-10(8)21-11;;/h4-6,21H,2-3,18H2,1H3,(H3,19,20,22,23);2*1H. The van der Waals surface area contributed by atoms with E-state index in [9.17, 15) is 18.0 Å². The Labute approximate surface area is 159 Å². The molecule has 1 aromatic heterocycles. The number of carbonyl (C=O) groups is 1. The quantitative estimate of drug-likeness (QED) is 0.451. The number of nitrogens with zero attached hydrogens (tertiary/aromatic N) is 1. The van der Waals surface area contributed by atoms with Crippen molar-refractivity contribution < 1.29 is 22.7 Å². The molecule has 146 valence electrons. The zero-order valence-corrected chi connectivity index (χ0v) is 15.1. The van der Waals surface area contributed by atoms with Gasteiger partial charge in [0.05, 0.1) is 11.1 Å². The monoisotopic (exact) mass is 415 g/mol. The van der Waals surface area contributed by atoms with Gasteiger partial charge in [0, 0.05) is 25.0 Å². The molecule has 0 aliphatic rings. The minimum Gasteiger partial charge on any atom is -0.492 e. The number of carbonyl (C=O) groups excluding carboxylic acids is 1. The molecule has 1 amide bonds. The zero-order chi connectivity index (χ0) is 17.9. The number of hydrogen-bond acceptors (Lipinski definition) is 4. The van der Waals surface area contributed by atoms with Gasteiger partial charge < -0.3 is 21.2 Å². The normalized spacial score (nSPS) is 11.5. The molecule has 0 bridgehead atoms. The Morgan fingerprint density at radius 1 is 1.31 bits per heavy atom. The molecule has 2 rings (SSSR count). The van der Waals surface area contributed by atoms with E-state index in [0.29, 0.717) is 0 Å². The van der Waals surface area contributed by atoms with Gasteiger partial charge >= 0.3 is 6.18 Å². The number of hydrogen-bond donors (Lipinski definition) is 4.